The minimum Gasteiger partial charge on any atom is -0.399 e. The predicted molar refractivity (Wildman–Crippen MR) is 73.7 cm³/mol. The Kier molecular flexibility index (Phi) is 3.78. The van der Waals surface area contributed by atoms with Crippen LogP contribution in [0.15, 0.2) is 18.2 Å². The summed E-state index contributed by atoms with van der Waals surface area (Å²) in [7, 11) is -3.48. The predicted octanol–water partition coefficient (Wildman–Crippen LogP) is -0.196. The first-order valence-corrected chi connectivity index (χ1v) is 7.74. The Hall–Kier alpha value is -1.93. The molecule has 0 atom stereocenters. The number of carbonyl (C=O) groups is 2. The van der Waals surface area contributed by atoms with Gasteiger partial charge in [-0.2, -0.15) is 0 Å². The highest BCUT2D eigenvalue weighted by Crippen LogP contribution is 2.24. The average Bonchev–Trinajstić information content (AvgIpc) is 2.59. The van der Waals surface area contributed by atoms with Gasteiger partial charge in [0.2, 0.25) is 10.0 Å². The number of imide groups is 1. The maximum absolute atomic E-state index is 12.1. The molecule has 0 unspecified atom stereocenters. The van der Waals surface area contributed by atoms with E-state index in [2.05, 4.69) is 4.72 Å². The van der Waals surface area contributed by atoms with E-state index in [0.717, 1.165) is 4.90 Å². The smallest absolute Gasteiger partial charge is 0.261 e. The van der Waals surface area contributed by atoms with Crippen LogP contribution < -0.4 is 10.5 Å². The molecule has 20 heavy (non-hydrogen) atoms. The number of anilines is 1. The number of nitrogen functional groups attached to an aromatic ring is 1. The molecule has 0 aliphatic carbocycles. The fourth-order valence-corrected chi connectivity index (χ4v) is 3.02. The van der Waals surface area contributed by atoms with Crippen molar-refractivity contribution in [1.82, 2.24) is 9.62 Å². The molecule has 1 aromatic carbocycles. The van der Waals surface area contributed by atoms with Crippen molar-refractivity contribution >= 4 is 27.5 Å². The van der Waals surface area contributed by atoms with Crippen LogP contribution in [0.25, 0.3) is 0 Å². The van der Waals surface area contributed by atoms with Gasteiger partial charge in [-0.05, 0) is 18.2 Å². The SMILES string of the molecule is CCNS(=O)(=O)CCN1C(=O)c2ccc(N)cc2C1=O. The molecule has 7 nitrogen and oxygen atoms in total. The molecule has 1 aromatic rings. The molecule has 0 saturated heterocycles. The molecule has 2 rings (SSSR count). The van der Waals surface area contributed by atoms with E-state index in [4.69, 9.17) is 5.73 Å². The standard InChI is InChI=1S/C12H15N3O4S/c1-2-14-20(18,19)6-5-15-11(16)9-4-3-8(13)7-10(9)12(15)17/h3-4,7,14H,2,5-6,13H2,1H3. The van der Waals surface area contributed by atoms with E-state index in [-0.39, 0.29) is 30.0 Å². The van der Waals surface area contributed by atoms with Crippen LogP contribution in [0.4, 0.5) is 5.69 Å². The highest BCUT2D eigenvalue weighted by molar-refractivity contribution is 7.89. The summed E-state index contributed by atoms with van der Waals surface area (Å²) in [5.41, 5.74) is 6.43. The van der Waals surface area contributed by atoms with Crippen molar-refractivity contribution in [1.29, 1.82) is 0 Å². The Morgan fingerprint density at radius 3 is 2.50 bits per heavy atom. The first kappa shape index (κ1) is 14.5. The van der Waals surface area contributed by atoms with Gasteiger partial charge in [0.05, 0.1) is 16.9 Å². The monoisotopic (exact) mass is 297 g/mol. The third-order valence-electron chi connectivity index (χ3n) is 2.94. The Morgan fingerprint density at radius 2 is 1.85 bits per heavy atom. The first-order valence-electron chi connectivity index (χ1n) is 6.09. The molecule has 1 heterocycles. The highest BCUT2D eigenvalue weighted by Gasteiger charge is 2.35. The zero-order valence-electron chi connectivity index (χ0n) is 10.9. The molecule has 0 spiro atoms. The molecule has 0 bridgehead atoms. The molecule has 1 aliphatic rings. The fourth-order valence-electron chi connectivity index (χ4n) is 2.01. The lowest BCUT2D eigenvalue weighted by atomic mass is 10.1. The van der Waals surface area contributed by atoms with Gasteiger partial charge in [0.1, 0.15) is 0 Å². The highest BCUT2D eigenvalue weighted by atomic mass is 32.2. The minimum absolute atomic E-state index is 0.179. The van der Waals surface area contributed by atoms with Gasteiger partial charge in [-0.25, -0.2) is 13.1 Å². The van der Waals surface area contributed by atoms with Crippen LogP contribution >= 0.6 is 0 Å². The van der Waals surface area contributed by atoms with Gasteiger partial charge < -0.3 is 5.73 Å². The Labute approximate surface area is 116 Å². The van der Waals surface area contributed by atoms with Gasteiger partial charge in [0, 0.05) is 18.8 Å². The largest absolute Gasteiger partial charge is 0.399 e. The number of carbonyl (C=O) groups excluding carboxylic acids is 2. The number of nitrogens with one attached hydrogen (secondary N) is 1. The molecule has 2 amide bonds. The van der Waals surface area contributed by atoms with Crippen LogP contribution in [-0.4, -0.2) is 44.0 Å². The zero-order valence-corrected chi connectivity index (χ0v) is 11.7. The van der Waals surface area contributed by atoms with Crippen molar-refractivity contribution in [3.63, 3.8) is 0 Å². The Balaban J connectivity index is 2.17. The van der Waals surface area contributed by atoms with Crippen molar-refractivity contribution in [3.05, 3.63) is 29.3 Å². The number of nitrogens with zero attached hydrogens (tertiary/aromatic N) is 1. The van der Waals surface area contributed by atoms with Crippen LogP contribution in [0.2, 0.25) is 0 Å². The van der Waals surface area contributed by atoms with Gasteiger partial charge in [0.15, 0.2) is 0 Å². The molecule has 0 fully saturated rings. The number of hydrogen-bond donors (Lipinski definition) is 2. The normalized spacial score (nSPS) is 14.8. The van der Waals surface area contributed by atoms with Crippen LogP contribution in [0, 0.1) is 0 Å². The zero-order chi connectivity index (χ0) is 14.9. The molecule has 3 N–H and O–H groups in total. The number of sulfonamides is 1. The van der Waals surface area contributed by atoms with E-state index >= 15 is 0 Å². The third kappa shape index (κ3) is 2.66. The third-order valence-corrected chi connectivity index (χ3v) is 4.39. The Morgan fingerprint density at radius 1 is 1.20 bits per heavy atom. The summed E-state index contributed by atoms with van der Waals surface area (Å²) in [5.74, 6) is -1.32. The van der Waals surface area contributed by atoms with E-state index in [1.54, 1.807) is 6.92 Å². The van der Waals surface area contributed by atoms with E-state index in [1.165, 1.54) is 18.2 Å². The lowest BCUT2D eigenvalue weighted by Crippen LogP contribution is -2.37. The van der Waals surface area contributed by atoms with Crippen molar-refractivity contribution in [2.45, 2.75) is 6.92 Å². The number of benzene rings is 1. The number of fused-ring (bicyclic) bond motifs is 1. The molecule has 0 aromatic heterocycles. The van der Waals surface area contributed by atoms with Crippen molar-refractivity contribution in [3.8, 4) is 0 Å². The first-order chi connectivity index (χ1) is 9.35. The van der Waals surface area contributed by atoms with Gasteiger partial charge in [-0.1, -0.05) is 6.92 Å². The molecule has 8 heteroatoms. The molecule has 0 radical (unpaired) electrons. The molecule has 1 aliphatic heterocycles. The number of rotatable bonds is 5. The summed E-state index contributed by atoms with van der Waals surface area (Å²) in [6.07, 6.45) is 0. The maximum atomic E-state index is 12.1. The topological polar surface area (TPSA) is 110 Å². The van der Waals surface area contributed by atoms with Gasteiger partial charge >= 0.3 is 0 Å². The van der Waals surface area contributed by atoms with Crippen molar-refractivity contribution in [2.24, 2.45) is 0 Å². The summed E-state index contributed by atoms with van der Waals surface area (Å²) in [5, 5.41) is 0. The second-order valence-electron chi connectivity index (χ2n) is 4.38. The molecular formula is C12H15N3O4S. The summed E-state index contributed by atoms with van der Waals surface area (Å²) < 4.78 is 25.4. The lowest BCUT2D eigenvalue weighted by Gasteiger charge is -2.13. The lowest BCUT2D eigenvalue weighted by molar-refractivity contribution is 0.0664. The van der Waals surface area contributed by atoms with Crippen molar-refractivity contribution < 1.29 is 18.0 Å². The summed E-state index contributed by atoms with van der Waals surface area (Å²) in [6, 6.07) is 4.43. The quantitative estimate of drug-likeness (QED) is 0.578. The molecular weight excluding hydrogens is 282 g/mol. The van der Waals surface area contributed by atoms with E-state index < -0.39 is 21.8 Å². The van der Waals surface area contributed by atoms with Gasteiger partial charge in [-0.15, -0.1) is 0 Å². The molecule has 0 saturated carbocycles. The van der Waals surface area contributed by atoms with Crippen LogP contribution in [0.3, 0.4) is 0 Å². The maximum Gasteiger partial charge on any atom is 0.261 e. The summed E-state index contributed by atoms with van der Waals surface area (Å²) in [4.78, 5) is 25.0. The minimum atomic E-state index is -3.48. The van der Waals surface area contributed by atoms with Crippen LogP contribution in [0.5, 0.6) is 0 Å². The van der Waals surface area contributed by atoms with Gasteiger partial charge in [0.25, 0.3) is 11.8 Å². The van der Waals surface area contributed by atoms with Crippen molar-refractivity contribution in [2.75, 3.05) is 24.6 Å². The van der Waals surface area contributed by atoms with Gasteiger partial charge in [-0.3, -0.25) is 14.5 Å². The summed E-state index contributed by atoms with van der Waals surface area (Å²) in [6.45, 7) is 1.74. The average molecular weight is 297 g/mol. The fraction of sp³-hybridized carbons (Fsp3) is 0.333. The van der Waals surface area contributed by atoms with E-state index in [0.29, 0.717) is 5.69 Å². The second-order valence-corrected chi connectivity index (χ2v) is 6.31. The second kappa shape index (κ2) is 5.22. The van der Waals surface area contributed by atoms with E-state index in [9.17, 15) is 18.0 Å². The van der Waals surface area contributed by atoms with E-state index in [1.807, 2.05) is 0 Å². The number of hydrogen-bond acceptors (Lipinski definition) is 5. The number of amides is 2. The van der Waals surface area contributed by atoms with Crippen LogP contribution in [0.1, 0.15) is 27.6 Å². The summed E-state index contributed by atoms with van der Waals surface area (Å²) >= 11 is 0. The number of nitrogens with two attached hydrogens (primary N) is 1. The molecule has 108 valence electrons. The Bertz CT molecular complexity index is 669. The van der Waals surface area contributed by atoms with Crippen LogP contribution in [-0.2, 0) is 10.0 Å².